The average Bonchev–Trinajstić information content (AvgIpc) is 2.82. The van der Waals surface area contributed by atoms with Gasteiger partial charge in [0.25, 0.3) is 5.91 Å². The number of benzene rings is 2. The molecule has 0 aromatic heterocycles. The number of hydrogen-bond donors (Lipinski definition) is 4. The Morgan fingerprint density at radius 1 is 0.969 bits per heavy atom. The van der Waals surface area contributed by atoms with E-state index in [-0.39, 0.29) is 12.5 Å². The smallest absolute Gasteiger partial charge is 0.251 e. The van der Waals surface area contributed by atoms with Gasteiger partial charge < -0.3 is 21.5 Å². The van der Waals surface area contributed by atoms with Crippen LogP contribution in [0.15, 0.2) is 48.5 Å². The zero-order valence-corrected chi connectivity index (χ0v) is 18.2. The van der Waals surface area contributed by atoms with Crippen molar-refractivity contribution in [2.75, 3.05) is 18.5 Å². The Kier molecular flexibility index (Phi) is 10.1. The van der Waals surface area contributed by atoms with Crippen LogP contribution in [-0.4, -0.2) is 41.9 Å². The molecule has 7 nitrogen and oxygen atoms in total. The fraction of sp³-hybridized carbons (Fsp3) is 0.320. The van der Waals surface area contributed by atoms with Gasteiger partial charge in [-0.05, 0) is 55.0 Å². The van der Waals surface area contributed by atoms with Crippen LogP contribution in [0.3, 0.4) is 0 Å². The van der Waals surface area contributed by atoms with Crippen LogP contribution < -0.4 is 16.4 Å². The van der Waals surface area contributed by atoms with Crippen molar-refractivity contribution in [3.63, 3.8) is 0 Å². The van der Waals surface area contributed by atoms with Crippen molar-refractivity contribution in [1.82, 2.24) is 5.32 Å². The van der Waals surface area contributed by atoms with Gasteiger partial charge in [0.2, 0.25) is 5.91 Å². The molecule has 0 spiro atoms. The van der Waals surface area contributed by atoms with Gasteiger partial charge in [-0.15, -0.1) is 0 Å². The summed E-state index contributed by atoms with van der Waals surface area (Å²) < 4.78 is 0. The first-order valence-corrected chi connectivity index (χ1v) is 10.6. The number of unbranched alkanes of at least 4 members (excludes halogenated alkanes) is 2. The van der Waals surface area contributed by atoms with E-state index in [2.05, 4.69) is 29.4 Å². The van der Waals surface area contributed by atoms with Crippen molar-refractivity contribution in [2.45, 2.75) is 38.6 Å². The van der Waals surface area contributed by atoms with Gasteiger partial charge in [-0.1, -0.05) is 31.6 Å². The van der Waals surface area contributed by atoms with Crippen molar-refractivity contribution >= 4 is 23.3 Å². The Bertz CT molecular complexity index is 973. The monoisotopic (exact) mass is 435 g/mol. The van der Waals surface area contributed by atoms with E-state index >= 15 is 0 Å². The fourth-order valence-corrected chi connectivity index (χ4v) is 2.87. The van der Waals surface area contributed by atoms with Crippen molar-refractivity contribution in [3.8, 4) is 11.8 Å². The van der Waals surface area contributed by atoms with Gasteiger partial charge in [0, 0.05) is 35.3 Å². The number of anilines is 1. The molecule has 0 saturated carbocycles. The van der Waals surface area contributed by atoms with E-state index in [1.807, 2.05) is 24.3 Å². The fourth-order valence-electron chi connectivity index (χ4n) is 2.87. The number of ketones is 1. The van der Waals surface area contributed by atoms with Gasteiger partial charge in [0.1, 0.15) is 12.6 Å². The maximum absolute atomic E-state index is 12.2. The van der Waals surface area contributed by atoms with Crippen LogP contribution in [0.25, 0.3) is 0 Å². The van der Waals surface area contributed by atoms with Crippen molar-refractivity contribution in [1.29, 1.82) is 0 Å². The zero-order valence-electron chi connectivity index (χ0n) is 18.2. The Labute approximate surface area is 188 Å². The largest absolute Gasteiger partial charge is 0.388 e. The number of amides is 2. The summed E-state index contributed by atoms with van der Waals surface area (Å²) in [7, 11) is 0. The SMILES string of the molecule is CCCCCC(=O)Nc1ccc(C#Cc2ccc(C(=O)N[C@@H](CN)C(=O)CO)cc2)cc1. The number of Topliss-reactive ketones (excluding diaryl/α,β-unsaturated/α-hetero) is 1. The topological polar surface area (TPSA) is 122 Å². The summed E-state index contributed by atoms with van der Waals surface area (Å²) >= 11 is 0. The lowest BCUT2D eigenvalue weighted by Crippen LogP contribution is -2.46. The highest BCUT2D eigenvalue weighted by Gasteiger charge is 2.18. The molecule has 0 aliphatic rings. The quantitative estimate of drug-likeness (QED) is 0.337. The molecule has 2 rings (SSSR count). The number of aliphatic hydroxyl groups excluding tert-OH is 1. The average molecular weight is 436 g/mol. The third-order valence-corrected chi connectivity index (χ3v) is 4.76. The first kappa shape index (κ1) is 24.8. The molecule has 168 valence electrons. The molecule has 0 aliphatic heterocycles. The summed E-state index contributed by atoms with van der Waals surface area (Å²) in [4.78, 5) is 35.6. The molecular weight excluding hydrogens is 406 g/mol. The molecule has 0 fully saturated rings. The molecule has 0 saturated heterocycles. The number of nitrogens with one attached hydrogen (secondary N) is 2. The molecule has 0 bridgehead atoms. The first-order chi connectivity index (χ1) is 15.5. The second kappa shape index (κ2) is 13.1. The molecule has 5 N–H and O–H groups in total. The van der Waals surface area contributed by atoms with Gasteiger partial charge in [-0.2, -0.15) is 0 Å². The van der Waals surface area contributed by atoms with E-state index in [0.717, 1.165) is 36.1 Å². The van der Waals surface area contributed by atoms with Crippen LogP contribution in [0.2, 0.25) is 0 Å². The molecule has 2 amide bonds. The van der Waals surface area contributed by atoms with E-state index < -0.39 is 24.3 Å². The van der Waals surface area contributed by atoms with Crippen LogP contribution in [0.1, 0.15) is 54.1 Å². The lowest BCUT2D eigenvalue weighted by molar-refractivity contribution is -0.123. The number of carbonyl (C=O) groups excluding carboxylic acids is 3. The van der Waals surface area contributed by atoms with Crippen molar-refractivity contribution in [2.24, 2.45) is 5.73 Å². The van der Waals surface area contributed by atoms with Crippen LogP contribution in [0, 0.1) is 11.8 Å². The van der Waals surface area contributed by atoms with E-state index in [4.69, 9.17) is 10.8 Å². The molecule has 32 heavy (non-hydrogen) atoms. The normalized spacial score (nSPS) is 11.1. The minimum Gasteiger partial charge on any atom is -0.388 e. The number of carbonyl (C=O) groups is 3. The van der Waals surface area contributed by atoms with Gasteiger partial charge in [-0.25, -0.2) is 0 Å². The van der Waals surface area contributed by atoms with E-state index in [1.165, 1.54) is 0 Å². The van der Waals surface area contributed by atoms with Crippen LogP contribution >= 0.6 is 0 Å². The second-order valence-electron chi connectivity index (χ2n) is 7.30. The van der Waals surface area contributed by atoms with Crippen LogP contribution in [-0.2, 0) is 9.59 Å². The third kappa shape index (κ3) is 7.99. The Morgan fingerprint density at radius 3 is 2.09 bits per heavy atom. The Balaban J connectivity index is 1.94. The van der Waals surface area contributed by atoms with Gasteiger partial charge >= 0.3 is 0 Å². The van der Waals surface area contributed by atoms with Crippen molar-refractivity contribution in [3.05, 3.63) is 65.2 Å². The van der Waals surface area contributed by atoms with Gasteiger partial charge in [0.05, 0.1) is 0 Å². The molecule has 1 atom stereocenters. The molecule has 7 heteroatoms. The summed E-state index contributed by atoms with van der Waals surface area (Å²) in [5, 5.41) is 14.3. The lowest BCUT2D eigenvalue weighted by atomic mass is 10.1. The third-order valence-electron chi connectivity index (χ3n) is 4.76. The maximum Gasteiger partial charge on any atom is 0.251 e. The number of aliphatic hydroxyl groups is 1. The molecular formula is C25H29N3O4. The lowest BCUT2D eigenvalue weighted by Gasteiger charge is -2.14. The van der Waals surface area contributed by atoms with Crippen LogP contribution in [0.4, 0.5) is 5.69 Å². The minimum atomic E-state index is -0.920. The number of hydrogen-bond acceptors (Lipinski definition) is 5. The van der Waals surface area contributed by atoms with E-state index in [0.29, 0.717) is 12.0 Å². The maximum atomic E-state index is 12.2. The summed E-state index contributed by atoms with van der Waals surface area (Å²) in [5.41, 5.74) is 8.08. The summed E-state index contributed by atoms with van der Waals surface area (Å²) in [6.07, 6.45) is 3.54. The second-order valence-corrected chi connectivity index (χ2v) is 7.30. The molecule has 0 radical (unpaired) electrons. The van der Waals surface area contributed by atoms with Gasteiger partial charge in [-0.3, -0.25) is 14.4 Å². The van der Waals surface area contributed by atoms with Gasteiger partial charge in [0.15, 0.2) is 5.78 Å². The standard InChI is InChI=1S/C25H29N3O4/c1-2-3-4-5-24(31)27-21-14-10-19(11-15-21)7-6-18-8-12-20(13-9-18)25(32)28-22(16-26)23(30)17-29/h8-15,22,29H,2-5,16-17,26H2,1H3,(H,27,31)(H,28,32)/t22-/m0/s1. The van der Waals surface area contributed by atoms with Crippen LogP contribution in [0.5, 0.6) is 0 Å². The Hall–Kier alpha value is -3.47. The summed E-state index contributed by atoms with van der Waals surface area (Å²) in [6, 6.07) is 13.0. The Morgan fingerprint density at radius 2 is 1.56 bits per heavy atom. The highest BCUT2D eigenvalue weighted by molar-refractivity contribution is 5.98. The van der Waals surface area contributed by atoms with Crippen molar-refractivity contribution < 1.29 is 19.5 Å². The highest BCUT2D eigenvalue weighted by atomic mass is 16.3. The molecule has 0 heterocycles. The number of rotatable bonds is 10. The predicted octanol–water partition coefficient (Wildman–Crippen LogP) is 2.22. The highest BCUT2D eigenvalue weighted by Crippen LogP contribution is 2.11. The summed E-state index contributed by atoms with van der Waals surface area (Å²) in [6.45, 7) is 1.34. The molecule has 0 aliphatic carbocycles. The summed E-state index contributed by atoms with van der Waals surface area (Å²) in [5.74, 6) is 5.10. The number of nitrogens with two attached hydrogens (primary N) is 1. The molecule has 0 unspecified atom stereocenters. The molecule has 2 aromatic rings. The van der Waals surface area contributed by atoms with E-state index in [9.17, 15) is 14.4 Å². The molecule has 2 aromatic carbocycles. The zero-order chi connectivity index (χ0) is 23.3. The van der Waals surface area contributed by atoms with E-state index in [1.54, 1.807) is 24.3 Å². The predicted molar refractivity (Wildman–Crippen MR) is 124 cm³/mol. The minimum absolute atomic E-state index is 0.0138. The first-order valence-electron chi connectivity index (χ1n) is 10.6.